The molecule has 2 aromatic carbocycles. The minimum atomic E-state index is -0.338. The molecule has 8 nitrogen and oxygen atoms in total. The lowest BCUT2D eigenvalue weighted by atomic mass is 10.1. The van der Waals surface area contributed by atoms with Gasteiger partial charge in [0.05, 0.1) is 18.2 Å². The summed E-state index contributed by atoms with van der Waals surface area (Å²) in [7, 11) is 0. The second kappa shape index (κ2) is 8.54. The van der Waals surface area contributed by atoms with Crippen LogP contribution >= 0.6 is 0 Å². The van der Waals surface area contributed by atoms with Gasteiger partial charge in [0.2, 0.25) is 5.96 Å². The van der Waals surface area contributed by atoms with Crippen molar-refractivity contribution in [2.24, 2.45) is 21.7 Å². The molecule has 1 heterocycles. The summed E-state index contributed by atoms with van der Waals surface area (Å²) in [6.07, 6.45) is 3.29. The minimum Gasteiger partial charge on any atom is -0.472 e. The Morgan fingerprint density at radius 1 is 0.857 bits per heavy atom. The number of rotatable bonds is 5. The van der Waals surface area contributed by atoms with E-state index < -0.39 is 0 Å². The zero-order valence-corrected chi connectivity index (χ0v) is 15.2. The van der Waals surface area contributed by atoms with Crippen LogP contribution in [0.4, 0.5) is 16.2 Å². The summed E-state index contributed by atoms with van der Waals surface area (Å²) in [4.78, 5) is 12.2. The van der Waals surface area contributed by atoms with Crippen molar-refractivity contribution in [2.75, 3.05) is 10.6 Å². The Hall–Kier alpha value is -4.07. The molecule has 142 valence electrons. The highest BCUT2D eigenvalue weighted by molar-refractivity contribution is 6.01. The number of anilines is 2. The monoisotopic (exact) mass is 376 g/mol. The summed E-state index contributed by atoms with van der Waals surface area (Å²) in [5.41, 5.74) is 15.3. The SMILES string of the molecule is C/C(=N\N=C(N)N)c1ccc(NC(=O)Nc2ccc(-c3ccoc3)cc2)cc1. The maximum atomic E-state index is 12.2. The lowest BCUT2D eigenvalue weighted by Crippen LogP contribution is -2.22. The van der Waals surface area contributed by atoms with E-state index in [1.54, 1.807) is 31.6 Å². The molecule has 6 N–H and O–H groups in total. The number of nitrogens with two attached hydrogens (primary N) is 2. The van der Waals surface area contributed by atoms with Crippen molar-refractivity contribution >= 4 is 29.1 Å². The molecule has 28 heavy (non-hydrogen) atoms. The predicted molar refractivity (Wildman–Crippen MR) is 111 cm³/mol. The Morgan fingerprint density at radius 2 is 1.46 bits per heavy atom. The molecule has 3 rings (SSSR count). The summed E-state index contributed by atoms with van der Waals surface area (Å²) in [6.45, 7) is 1.79. The molecule has 0 aliphatic heterocycles. The largest absolute Gasteiger partial charge is 0.472 e. The topological polar surface area (TPSA) is 131 Å². The van der Waals surface area contributed by atoms with Gasteiger partial charge < -0.3 is 26.5 Å². The van der Waals surface area contributed by atoms with E-state index in [1.165, 1.54) is 0 Å². The van der Waals surface area contributed by atoms with Crippen LogP contribution in [0.25, 0.3) is 11.1 Å². The molecule has 2 amide bonds. The highest BCUT2D eigenvalue weighted by atomic mass is 16.3. The summed E-state index contributed by atoms with van der Waals surface area (Å²) < 4.78 is 5.07. The molecule has 0 spiro atoms. The van der Waals surface area contributed by atoms with E-state index in [0.717, 1.165) is 16.7 Å². The van der Waals surface area contributed by atoms with Crippen LogP contribution in [0.15, 0.2) is 81.7 Å². The van der Waals surface area contributed by atoms with Crippen LogP contribution in [-0.4, -0.2) is 17.7 Å². The van der Waals surface area contributed by atoms with Gasteiger partial charge in [-0.2, -0.15) is 5.10 Å². The van der Waals surface area contributed by atoms with Crippen molar-refractivity contribution in [3.8, 4) is 11.1 Å². The van der Waals surface area contributed by atoms with Crippen molar-refractivity contribution in [1.82, 2.24) is 0 Å². The fraction of sp³-hybridized carbons (Fsp3) is 0.0500. The smallest absolute Gasteiger partial charge is 0.323 e. The standard InChI is InChI=1S/C20H20N6O2/c1-13(25-26-19(21)22)14-2-6-17(7-3-14)23-20(27)24-18-8-4-15(5-9-18)16-10-11-28-12-16/h2-12H,1H3,(H4,21,22,26)(H2,23,24,27)/b25-13+. The zero-order valence-electron chi connectivity index (χ0n) is 15.2. The second-order valence-corrected chi connectivity index (χ2v) is 5.96. The first-order valence-electron chi connectivity index (χ1n) is 8.45. The number of benzene rings is 2. The van der Waals surface area contributed by atoms with Crippen LogP contribution in [0, 0.1) is 0 Å². The first-order valence-corrected chi connectivity index (χ1v) is 8.45. The quantitative estimate of drug-likeness (QED) is 0.308. The molecule has 0 aliphatic rings. The van der Waals surface area contributed by atoms with Gasteiger partial charge in [0.1, 0.15) is 0 Å². The van der Waals surface area contributed by atoms with Gasteiger partial charge >= 0.3 is 6.03 Å². The van der Waals surface area contributed by atoms with Gasteiger partial charge in [-0.1, -0.05) is 24.3 Å². The molecule has 0 radical (unpaired) electrons. The summed E-state index contributed by atoms with van der Waals surface area (Å²) in [6, 6.07) is 16.2. The van der Waals surface area contributed by atoms with Gasteiger partial charge in [0.25, 0.3) is 0 Å². The van der Waals surface area contributed by atoms with E-state index in [9.17, 15) is 4.79 Å². The lowest BCUT2D eigenvalue weighted by molar-refractivity contribution is 0.262. The molecule has 0 saturated carbocycles. The van der Waals surface area contributed by atoms with Gasteiger partial charge in [-0.25, -0.2) is 4.79 Å². The van der Waals surface area contributed by atoms with Crippen LogP contribution in [0.1, 0.15) is 12.5 Å². The van der Waals surface area contributed by atoms with Crippen molar-refractivity contribution in [3.63, 3.8) is 0 Å². The normalized spacial score (nSPS) is 11.0. The van der Waals surface area contributed by atoms with Crippen LogP contribution < -0.4 is 22.1 Å². The molecular formula is C20H20N6O2. The number of carbonyl (C=O) groups excluding carboxylic acids is 1. The average Bonchev–Trinajstić information content (AvgIpc) is 3.22. The van der Waals surface area contributed by atoms with Crippen LogP contribution in [0.5, 0.6) is 0 Å². The highest BCUT2D eigenvalue weighted by Crippen LogP contribution is 2.21. The lowest BCUT2D eigenvalue weighted by Gasteiger charge is -2.09. The molecule has 0 bridgehead atoms. The summed E-state index contributed by atoms with van der Waals surface area (Å²) in [5, 5.41) is 13.1. The summed E-state index contributed by atoms with van der Waals surface area (Å²) in [5.74, 6) is -0.105. The van der Waals surface area contributed by atoms with Crippen molar-refractivity contribution in [2.45, 2.75) is 6.92 Å². The molecular weight excluding hydrogens is 356 g/mol. The molecule has 1 aromatic heterocycles. The highest BCUT2D eigenvalue weighted by Gasteiger charge is 2.05. The fourth-order valence-corrected chi connectivity index (χ4v) is 2.45. The van der Waals surface area contributed by atoms with Crippen molar-refractivity contribution in [3.05, 3.63) is 72.7 Å². The molecule has 0 saturated heterocycles. The molecule has 0 unspecified atom stereocenters. The number of amides is 2. The number of nitrogens with one attached hydrogen (secondary N) is 2. The number of guanidine groups is 1. The van der Waals surface area contributed by atoms with E-state index in [1.807, 2.05) is 42.5 Å². The Morgan fingerprint density at radius 3 is 2.00 bits per heavy atom. The van der Waals surface area contributed by atoms with E-state index in [-0.39, 0.29) is 12.0 Å². The van der Waals surface area contributed by atoms with Gasteiger partial charge in [0.15, 0.2) is 0 Å². The van der Waals surface area contributed by atoms with Crippen LogP contribution in [0.3, 0.4) is 0 Å². The maximum absolute atomic E-state index is 12.2. The van der Waals surface area contributed by atoms with Gasteiger partial charge in [-0.15, -0.1) is 5.10 Å². The number of hydrogen-bond donors (Lipinski definition) is 4. The first kappa shape index (κ1) is 18.7. The Bertz CT molecular complexity index is 986. The fourth-order valence-electron chi connectivity index (χ4n) is 2.45. The number of urea groups is 1. The van der Waals surface area contributed by atoms with E-state index in [0.29, 0.717) is 17.1 Å². The third-order valence-corrected chi connectivity index (χ3v) is 3.87. The second-order valence-electron chi connectivity index (χ2n) is 5.96. The molecule has 8 heteroatoms. The first-order chi connectivity index (χ1) is 13.5. The van der Waals surface area contributed by atoms with Gasteiger partial charge in [0, 0.05) is 16.9 Å². The third-order valence-electron chi connectivity index (χ3n) is 3.87. The van der Waals surface area contributed by atoms with Gasteiger partial charge in [-0.3, -0.25) is 0 Å². The third kappa shape index (κ3) is 4.98. The Kier molecular flexibility index (Phi) is 5.71. The van der Waals surface area contributed by atoms with Gasteiger partial charge in [-0.05, 0) is 48.4 Å². The Balaban J connectivity index is 1.59. The van der Waals surface area contributed by atoms with E-state index in [4.69, 9.17) is 15.9 Å². The van der Waals surface area contributed by atoms with Crippen LogP contribution in [-0.2, 0) is 0 Å². The van der Waals surface area contributed by atoms with Crippen molar-refractivity contribution in [1.29, 1.82) is 0 Å². The molecule has 0 fully saturated rings. The number of nitrogens with zero attached hydrogens (tertiary/aromatic N) is 2. The zero-order chi connectivity index (χ0) is 19.9. The van der Waals surface area contributed by atoms with E-state index >= 15 is 0 Å². The van der Waals surface area contributed by atoms with Crippen LogP contribution in [0.2, 0.25) is 0 Å². The minimum absolute atomic E-state index is 0.105. The number of furan rings is 1. The Labute approximate surface area is 162 Å². The van der Waals surface area contributed by atoms with Crippen molar-refractivity contribution < 1.29 is 9.21 Å². The maximum Gasteiger partial charge on any atom is 0.323 e. The number of hydrogen-bond acceptors (Lipinski definition) is 4. The average molecular weight is 376 g/mol. The number of carbonyl (C=O) groups is 1. The predicted octanol–water partition coefficient (Wildman–Crippen LogP) is 3.59. The van der Waals surface area contributed by atoms with E-state index in [2.05, 4.69) is 20.8 Å². The summed E-state index contributed by atoms with van der Waals surface area (Å²) >= 11 is 0. The molecule has 0 atom stereocenters. The molecule has 3 aromatic rings. The molecule has 0 aliphatic carbocycles.